The Bertz CT molecular complexity index is 704. The van der Waals surface area contributed by atoms with E-state index in [-0.39, 0.29) is 11.7 Å². The molecule has 122 valence electrons. The Labute approximate surface area is 130 Å². The van der Waals surface area contributed by atoms with E-state index in [1.165, 1.54) is 12.1 Å². The smallest absolute Gasteiger partial charge is 0.419 e. The third-order valence-corrected chi connectivity index (χ3v) is 3.28. The van der Waals surface area contributed by atoms with E-state index in [1.54, 1.807) is 12.1 Å². The van der Waals surface area contributed by atoms with Crippen LogP contribution in [0.15, 0.2) is 42.5 Å². The number of halogens is 4. The van der Waals surface area contributed by atoms with Gasteiger partial charge in [0.15, 0.2) is 0 Å². The lowest BCUT2D eigenvalue weighted by Gasteiger charge is -2.11. The summed E-state index contributed by atoms with van der Waals surface area (Å²) in [6.45, 7) is 3.97. The molecule has 0 N–H and O–H groups in total. The Balaban J connectivity index is 2.24. The predicted octanol–water partition coefficient (Wildman–Crippen LogP) is 5.19. The number of hydrogen-bond acceptors (Lipinski definition) is 2. The quantitative estimate of drug-likeness (QED) is 0.441. The largest absolute Gasteiger partial charge is 0.423 e. The molecule has 0 aliphatic heterocycles. The topological polar surface area (TPSA) is 26.3 Å². The Morgan fingerprint density at radius 1 is 1.04 bits per heavy atom. The molecule has 2 rings (SSSR count). The Hall–Kier alpha value is -2.37. The summed E-state index contributed by atoms with van der Waals surface area (Å²) in [6, 6.07) is 8.98. The van der Waals surface area contributed by atoms with Gasteiger partial charge in [0.05, 0.1) is 11.1 Å². The Morgan fingerprint density at radius 3 is 2.17 bits per heavy atom. The second-order valence-electron chi connectivity index (χ2n) is 5.28. The molecule has 0 saturated heterocycles. The number of alkyl halides is 3. The van der Waals surface area contributed by atoms with E-state index < -0.39 is 29.1 Å². The van der Waals surface area contributed by atoms with Crippen LogP contribution in [-0.4, -0.2) is 5.97 Å². The van der Waals surface area contributed by atoms with Gasteiger partial charge in [-0.15, -0.1) is 0 Å². The molecule has 0 aliphatic carbocycles. The first-order valence-electron chi connectivity index (χ1n) is 6.88. The van der Waals surface area contributed by atoms with Gasteiger partial charge in [-0.25, -0.2) is 9.18 Å². The highest BCUT2D eigenvalue weighted by molar-refractivity contribution is 5.91. The predicted molar refractivity (Wildman–Crippen MR) is 76.9 cm³/mol. The summed E-state index contributed by atoms with van der Waals surface area (Å²) in [7, 11) is 0. The number of ether oxygens (including phenoxy) is 1. The highest BCUT2D eigenvalue weighted by atomic mass is 19.4. The Kier molecular flexibility index (Phi) is 4.73. The van der Waals surface area contributed by atoms with E-state index in [9.17, 15) is 22.4 Å². The van der Waals surface area contributed by atoms with Crippen LogP contribution in [0.25, 0.3) is 0 Å². The summed E-state index contributed by atoms with van der Waals surface area (Å²) < 4.78 is 56.7. The molecule has 0 spiro atoms. The molecular formula is C17H14F4O2. The van der Waals surface area contributed by atoms with E-state index in [4.69, 9.17) is 4.74 Å². The lowest BCUT2D eigenvalue weighted by molar-refractivity contribution is -0.140. The fraction of sp³-hybridized carbons (Fsp3) is 0.235. The number of carbonyl (C=O) groups excluding carboxylic acids is 1. The first-order valence-corrected chi connectivity index (χ1v) is 6.88. The average molecular weight is 326 g/mol. The first-order chi connectivity index (χ1) is 10.7. The van der Waals surface area contributed by atoms with Crippen molar-refractivity contribution in [2.45, 2.75) is 25.9 Å². The zero-order valence-electron chi connectivity index (χ0n) is 12.4. The highest BCUT2D eigenvalue weighted by Gasteiger charge is 2.36. The standard InChI is InChI=1S/C17H14F4O2/c1-10(2)11-6-8-12(9-7-11)23-16(22)13-4-3-5-14(15(13)18)17(19,20)21/h3-10H,1-2H3. The molecule has 0 fully saturated rings. The monoisotopic (exact) mass is 326 g/mol. The number of carbonyl (C=O) groups is 1. The van der Waals surface area contributed by atoms with Crippen molar-refractivity contribution in [2.75, 3.05) is 0 Å². The van der Waals surface area contributed by atoms with Gasteiger partial charge in [-0.2, -0.15) is 13.2 Å². The van der Waals surface area contributed by atoms with Crippen LogP contribution in [0.2, 0.25) is 0 Å². The van der Waals surface area contributed by atoms with Crippen molar-refractivity contribution in [1.82, 2.24) is 0 Å². The van der Waals surface area contributed by atoms with E-state index in [0.29, 0.717) is 6.07 Å². The van der Waals surface area contributed by atoms with Crippen LogP contribution < -0.4 is 4.74 Å². The normalized spacial score (nSPS) is 11.6. The molecule has 23 heavy (non-hydrogen) atoms. The zero-order chi connectivity index (χ0) is 17.2. The van der Waals surface area contributed by atoms with Gasteiger partial charge in [-0.05, 0) is 35.7 Å². The number of esters is 1. The maximum Gasteiger partial charge on any atom is 0.419 e. The van der Waals surface area contributed by atoms with Crippen LogP contribution in [0.5, 0.6) is 5.75 Å². The summed E-state index contributed by atoms with van der Waals surface area (Å²) in [5.41, 5.74) is -1.25. The van der Waals surface area contributed by atoms with Gasteiger partial charge in [-0.3, -0.25) is 0 Å². The number of hydrogen-bond donors (Lipinski definition) is 0. The van der Waals surface area contributed by atoms with Gasteiger partial charge in [0.1, 0.15) is 11.6 Å². The number of benzene rings is 2. The van der Waals surface area contributed by atoms with Gasteiger partial charge < -0.3 is 4.74 Å². The van der Waals surface area contributed by atoms with Gasteiger partial charge in [0.2, 0.25) is 0 Å². The molecule has 0 bridgehead atoms. The molecule has 0 aromatic heterocycles. The van der Waals surface area contributed by atoms with E-state index in [2.05, 4.69) is 0 Å². The van der Waals surface area contributed by atoms with Crippen molar-refractivity contribution in [2.24, 2.45) is 0 Å². The average Bonchev–Trinajstić information content (AvgIpc) is 2.46. The Morgan fingerprint density at radius 2 is 1.65 bits per heavy atom. The number of rotatable bonds is 3. The maximum atomic E-state index is 13.9. The molecule has 0 atom stereocenters. The van der Waals surface area contributed by atoms with Crippen LogP contribution in [0.1, 0.15) is 41.3 Å². The molecule has 0 amide bonds. The van der Waals surface area contributed by atoms with Crippen molar-refractivity contribution in [3.63, 3.8) is 0 Å². The highest BCUT2D eigenvalue weighted by Crippen LogP contribution is 2.32. The van der Waals surface area contributed by atoms with Crippen LogP contribution in [0.4, 0.5) is 17.6 Å². The van der Waals surface area contributed by atoms with Gasteiger partial charge in [-0.1, -0.05) is 32.0 Å². The lowest BCUT2D eigenvalue weighted by Crippen LogP contribution is -2.15. The van der Waals surface area contributed by atoms with Gasteiger partial charge in [0, 0.05) is 0 Å². The van der Waals surface area contributed by atoms with E-state index in [0.717, 1.165) is 17.7 Å². The fourth-order valence-electron chi connectivity index (χ4n) is 1.99. The lowest BCUT2D eigenvalue weighted by atomic mass is 10.0. The van der Waals surface area contributed by atoms with Crippen molar-refractivity contribution < 1.29 is 27.1 Å². The van der Waals surface area contributed by atoms with Crippen LogP contribution in [-0.2, 0) is 6.18 Å². The zero-order valence-corrected chi connectivity index (χ0v) is 12.4. The molecule has 2 nitrogen and oxygen atoms in total. The van der Waals surface area contributed by atoms with Crippen LogP contribution in [0, 0.1) is 5.82 Å². The molecule has 2 aromatic rings. The van der Waals surface area contributed by atoms with E-state index in [1.807, 2.05) is 13.8 Å². The molecular weight excluding hydrogens is 312 g/mol. The van der Waals surface area contributed by atoms with Crippen molar-refractivity contribution in [3.05, 3.63) is 65.0 Å². The summed E-state index contributed by atoms with van der Waals surface area (Å²) in [5.74, 6) is -2.40. The summed E-state index contributed by atoms with van der Waals surface area (Å²) >= 11 is 0. The summed E-state index contributed by atoms with van der Waals surface area (Å²) in [6.07, 6.45) is -4.88. The second kappa shape index (κ2) is 6.40. The van der Waals surface area contributed by atoms with Crippen LogP contribution >= 0.6 is 0 Å². The molecule has 0 aliphatic rings. The SMILES string of the molecule is CC(C)c1ccc(OC(=O)c2cccc(C(F)(F)F)c2F)cc1. The fourth-order valence-corrected chi connectivity index (χ4v) is 1.99. The summed E-state index contributed by atoms with van der Waals surface area (Å²) in [5, 5.41) is 0. The third kappa shape index (κ3) is 3.88. The molecule has 0 heterocycles. The summed E-state index contributed by atoms with van der Waals surface area (Å²) in [4.78, 5) is 11.9. The minimum atomic E-state index is -4.88. The minimum Gasteiger partial charge on any atom is -0.423 e. The molecule has 0 saturated carbocycles. The van der Waals surface area contributed by atoms with Crippen molar-refractivity contribution >= 4 is 5.97 Å². The van der Waals surface area contributed by atoms with Crippen molar-refractivity contribution in [1.29, 1.82) is 0 Å². The molecule has 6 heteroatoms. The minimum absolute atomic E-state index is 0.135. The van der Waals surface area contributed by atoms with Crippen LogP contribution in [0.3, 0.4) is 0 Å². The first kappa shape index (κ1) is 17.0. The molecule has 2 aromatic carbocycles. The van der Waals surface area contributed by atoms with Gasteiger partial charge in [0.25, 0.3) is 0 Å². The molecule has 0 unspecified atom stereocenters. The van der Waals surface area contributed by atoms with Crippen molar-refractivity contribution in [3.8, 4) is 5.75 Å². The second-order valence-corrected chi connectivity index (χ2v) is 5.28. The molecule has 0 radical (unpaired) electrons. The van der Waals surface area contributed by atoms with E-state index >= 15 is 0 Å². The maximum absolute atomic E-state index is 13.9. The third-order valence-electron chi connectivity index (χ3n) is 3.28. The van der Waals surface area contributed by atoms with Gasteiger partial charge >= 0.3 is 12.1 Å².